The number of anilines is 1. The number of carbonyl (C=O) groups is 1. The third-order valence-electron chi connectivity index (χ3n) is 5.19. The van der Waals surface area contributed by atoms with Crippen LogP contribution in [0.4, 0.5) is 5.69 Å². The quantitative estimate of drug-likeness (QED) is 0.711. The van der Waals surface area contributed by atoms with Gasteiger partial charge in [0.2, 0.25) is 0 Å². The number of fused-ring (bicyclic) bond motifs is 4. The third kappa shape index (κ3) is 2.03. The summed E-state index contributed by atoms with van der Waals surface area (Å²) < 4.78 is 5.24. The smallest absolute Gasteiger partial charge is 0.193 e. The van der Waals surface area contributed by atoms with Gasteiger partial charge < -0.3 is 15.0 Å². The van der Waals surface area contributed by atoms with Crippen LogP contribution in [0.1, 0.15) is 21.6 Å². The van der Waals surface area contributed by atoms with E-state index >= 15 is 0 Å². The number of aromatic amines is 1. The summed E-state index contributed by atoms with van der Waals surface area (Å²) in [5.41, 5.74) is 4.29. The minimum atomic E-state index is -0.196. The first-order chi connectivity index (χ1) is 12.7. The molecule has 3 aromatic rings. The Balaban J connectivity index is 1.70. The van der Waals surface area contributed by atoms with Gasteiger partial charge in [0.05, 0.1) is 13.2 Å². The molecule has 0 saturated carbocycles. The van der Waals surface area contributed by atoms with Gasteiger partial charge in [0.15, 0.2) is 11.2 Å². The van der Waals surface area contributed by atoms with Crippen molar-refractivity contribution in [3.8, 4) is 5.75 Å². The Kier molecular flexibility index (Phi) is 3.06. The highest BCUT2D eigenvalue weighted by Gasteiger charge is 2.34. The minimum absolute atomic E-state index is 0.0256. The Morgan fingerprint density at radius 2 is 1.96 bits per heavy atom. The molecule has 0 fully saturated rings. The van der Waals surface area contributed by atoms with Crippen molar-refractivity contribution in [2.24, 2.45) is 0 Å². The minimum Gasteiger partial charge on any atom is -0.497 e. The molecule has 128 valence electrons. The number of ether oxygens (including phenoxy) is 1. The summed E-state index contributed by atoms with van der Waals surface area (Å²) in [6.45, 7) is 0. The summed E-state index contributed by atoms with van der Waals surface area (Å²) in [6, 6.07) is 12.7. The van der Waals surface area contributed by atoms with E-state index in [9.17, 15) is 9.59 Å². The lowest BCUT2D eigenvalue weighted by Crippen LogP contribution is -2.38. The molecule has 1 aliphatic heterocycles. The van der Waals surface area contributed by atoms with Crippen molar-refractivity contribution in [2.75, 3.05) is 12.4 Å². The molecule has 0 bridgehead atoms. The Bertz CT molecular complexity index is 1170. The zero-order chi connectivity index (χ0) is 17.8. The summed E-state index contributed by atoms with van der Waals surface area (Å²) in [7, 11) is 1.58. The maximum absolute atomic E-state index is 13.0. The van der Waals surface area contributed by atoms with Crippen molar-refractivity contribution in [1.82, 2.24) is 4.98 Å². The number of rotatable bonds is 1. The fourth-order valence-electron chi connectivity index (χ4n) is 3.85. The molecular formula is C21H16N2O3. The molecule has 1 atom stereocenters. The van der Waals surface area contributed by atoms with Crippen molar-refractivity contribution in [3.05, 3.63) is 75.1 Å². The van der Waals surface area contributed by atoms with Crippen LogP contribution in [0, 0.1) is 0 Å². The Hall–Kier alpha value is -3.34. The van der Waals surface area contributed by atoms with Crippen LogP contribution in [-0.4, -0.2) is 23.9 Å². The van der Waals surface area contributed by atoms with Crippen LogP contribution < -0.4 is 15.5 Å². The summed E-state index contributed by atoms with van der Waals surface area (Å²) in [5.74, 6) is 0.621. The lowest BCUT2D eigenvalue weighted by atomic mass is 9.82. The van der Waals surface area contributed by atoms with Crippen LogP contribution >= 0.6 is 0 Å². The van der Waals surface area contributed by atoms with E-state index in [1.54, 1.807) is 13.2 Å². The molecule has 1 aromatic heterocycles. The molecule has 5 nitrogen and oxygen atoms in total. The second-order valence-corrected chi connectivity index (χ2v) is 6.63. The van der Waals surface area contributed by atoms with Gasteiger partial charge in [-0.15, -0.1) is 0 Å². The summed E-state index contributed by atoms with van der Waals surface area (Å²) in [5, 5.41) is 4.08. The second-order valence-electron chi connectivity index (χ2n) is 6.63. The van der Waals surface area contributed by atoms with E-state index in [0.717, 1.165) is 22.5 Å². The normalized spacial score (nSPS) is 17.7. The Labute approximate surface area is 149 Å². The molecule has 2 heterocycles. The lowest BCUT2D eigenvalue weighted by Gasteiger charge is -2.32. The maximum Gasteiger partial charge on any atom is 0.193 e. The average molecular weight is 344 g/mol. The molecule has 0 spiro atoms. The predicted octanol–water partition coefficient (Wildman–Crippen LogP) is 3.15. The first-order valence-electron chi connectivity index (χ1n) is 8.50. The fraction of sp³-hybridized carbons (Fsp3) is 0.143. The molecule has 1 aliphatic carbocycles. The van der Waals surface area contributed by atoms with Gasteiger partial charge in [-0.2, -0.15) is 0 Å². The van der Waals surface area contributed by atoms with Crippen LogP contribution in [0.3, 0.4) is 0 Å². The highest BCUT2D eigenvalue weighted by Crippen LogP contribution is 2.35. The molecular weight excluding hydrogens is 328 g/mol. The first kappa shape index (κ1) is 15.0. The van der Waals surface area contributed by atoms with Gasteiger partial charge in [0.1, 0.15) is 5.75 Å². The van der Waals surface area contributed by atoms with Gasteiger partial charge in [0.25, 0.3) is 0 Å². The number of Topliss-reactive ketones (excluding diaryl/α,β-unsaturated/α-hetero) is 1. The molecule has 2 aromatic carbocycles. The highest BCUT2D eigenvalue weighted by atomic mass is 16.5. The van der Waals surface area contributed by atoms with E-state index in [0.29, 0.717) is 28.7 Å². The topological polar surface area (TPSA) is 71.2 Å². The third-order valence-corrected chi connectivity index (χ3v) is 5.19. The number of pyridine rings is 1. The predicted molar refractivity (Wildman–Crippen MR) is 101 cm³/mol. The molecule has 2 N–H and O–H groups in total. The number of carbonyl (C=O) groups excluding carboxylic acids is 1. The molecule has 2 aliphatic rings. The van der Waals surface area contributed by atoms with Crippen LogP contribution in [0.15, 0.2) is 52.8 Å². The van der Waals surface area contributed by atoms with Crippen molar-refractivity contribution in [3.63, 3.8) is 0 Å². The molecule has 26 heavy (non-hydrogen) atoms. The number of hydrogen-bond donors (Lipinski definition) is 2. The molecule has 0 saturated heterocycles. The molecule has 0 amide bonds. The van der Waals surface area contributed by atoms with Gasteiger partial charge in [-0.05, 0) is 36.4 Å². The standard InChI is InChI=1S/C21H16N2O3/c1-26-11-6-7-17-13(8-11)21(25)15-10-18-14(9-19(15)23-17)20(24)12-4-2-3-5-16(12)22-18/h2-8,10,19,23H,9H2,1H3,(H,22,24)/t19-/m0/s1. The van der Waals surface area contributed by atoms with E-state index in [2.05, 4.69) is 10.3 Å². The number of benzene rings is 2. The summed E-state index contributed by atoms with van der Waals surface area (Å²) >= 11 is 0. The van der Waals surface area contributed by atoms with Gasteiger partial charge in [0, 0.05) is 45.4 Å². The maximum atomic E-state index is 13.0. The van der Waals surface area contributed by atoms with Crippen LogP contribution in [0.25, 0.3) is 17.0 Å². The SMILES string of the molecule is COc1ccc2c(c1)C(=O)C1=Cc3[nH]c4ccccc4c(=O)c3C[C@@H]1N2. The second kappa shape index (κ2) is 5.33. The van der Waals surface area contributed by atoms with Crippen LogP contribution in [0.5, 0.6) is 5.75 Å². The van der Waals surface area contributed by atoms with Gasteiger partial charge in [-0.1, -0.05) is 12.1 Å². The number of methoxy groups -OCH3 is 1. The largest absolute Gasteiger partial charge is 0.497 e. The van der Waals surface area contributed by atoms with Crippen molar-refractivity contribution in [1.29, 1.82) is 0 Å². The monoisotopic (exact) mass is 344 g/mol. The number of nitrogens with one attached hydrogen (secondary N) is 2. The van der Waals surface area contributed by atoms with E-state index in [4.69, 9.17) is 4.74 Å². The van der Waals surface area contributed by atoms with E-state index in [-0.39, 0.29) is 17.3 Å². The van der Waals surface area contributed by atoms with Crippen molar-refractivity contribution in [2.45, 2.75) is 12.5 Å². The van der Waals surface area contributed by atoms with E-state index in [1.807, 2.05) is 42.5 Å². The average Bonchev–Trinajstić information content (AvgIpc) is 2.67. The number of ketones is 1. The highest BCUT2D eigenvalue weighted by molar-refractivity contribution is 6.17. The summed E-state index contributed by atoms with van der Waals surface area (Å²) in [4.78, 5) is 29.2. The van der Waals surface area contributed by atoms with Gasteiger partial charge in [-0.25, -0.2) is 0 Å². The number of aromatic nitrogens is 1. The first-order valence-corrected chi connectivity index (χ1v) is 8.50. The van der Waals surface area contributed by atoms with Gasteiger partial charge in [-0.3, -0.25) is 9.59 Å². The van der Waals surface area contributed by atoms with Crippen LogP contribution in [0.2, 0.25) is 0 Å². The Morgan fingerprint density at radius 1 is 1.12 bits per heavy atom. The number of para-hydroxylation sites is 1. The number of hydrogen-bond acceptors (Lipinski definition) is 4. The number of H-pyrrole nitrogens is 1. The summed E-state index contributed by atoms with van der Waals surface area (Å²) in [6.07, 6.45) is 2.30. The van der Waals surface area contributed by atoms with Crippen molar-refractivity contribution < 1.29 is 9.53 Å². The van der Waals surface area contributed by atoms with E-state index in [1.165, 1.54) is 0 Å². The zero-order valence-corrected chi connectivity index (χ0v) is 14.1. The molecule has 5 rings (SSSR count). The zero-order valence-electron chi connectivity index (χ0n) is 14.1. The molecule has 0 unspecified atom stereocenters. The molecule has 5 heteroatoms. The lowest BCUT2D eigenvalue weighted by molar-refractivity contribution is 0.102. The van der Waals surface area contributed by atoms with Gasteiger partial charge >= 0.3 is 0 Å². The van der Waals surface area contributed by atoms with Crippen molar-refractivity contribution >= 4 is 28.4 Å². The molecule has 0 radical (unpaired) electrons. The fourth-order valence-corrected chi connectivity index (χ4v) is 3.85. The van der Waals surface area contributed by atoms with E-state index < -0.39 is 0 Å². The van der Waals surface area contributed by atoms with Crippen LogP contribution in [-0.2, 0) is 6.42 Å². The Morgan fingerprint density at radius 3 is 2.81 bits per heavy atom.